The first-order chi connectivity index (χ1) is 9.20. The minimum Gasteiger partial charge on any atom is -0.337 e. The van der Waals surface area contributed by atoms with E-state index in [2.05, 4.69) is 9.88 Å². The third kappa shape index (κ3) is 2.05. The first kappa shape index (κ1) is 12.3. The van der Waals surface area contributed by atoms with E-state index in [1.807, 2.05) is 23.9 Å². The van der Waals surface area contributed by atoms with Crippen LogP contribution < -0.4 is 5.73 Å². The number of rotatable bonds is 3. The first-order valence-corrected chi connectivity index (χ1v) is 6.38. The fraction of sp³-hybridized carbons (Fsp3) is 0.357. The van der Waals surface area contributed by atoms with Crippen LogP contribution in [0.15, 0.2) is 30.6 Å². The molecule has 1 aliphatic heterocycles. The molecular formula is C14H17FN4. The van der Waals surface area contributed by atoms with Crippen LogP contribution in [0.4, 0.5) is 4.39 Å². The first-order valence-electron chi connectivity index (χ1n) is 6.38. The Morgan fingerprint density at radius 2 is 2.32 bits per heavy atom. The molecule has 0 saturated carbocycles. The highest BCUT2D eigenvalue weighted by molar-refractivity contribution is 5.35. The molecule has 0 amide bonds. The summed E-state index contributed by atoms with van der Waals surface area (Å²) in [7, 11) is 1.96. The molecular weight excluding hydrogens is 243 g/mol. The summed E-state index contributed by atoms with van der Waals surface area (Å²) >= 11 is 0. The van der Waals surface area contributed by atoms with Crippen molar-refractivity contribution in [3.8, 4) is 0 Å². The van der Waals surface area contributed by atoms with E-state index in [9.17, 15) is 4.39 Å². The normalized spacial score (nSPS) is 18.8. The molecule has 1 unspecified atom stereocenters. The van der Waals surface area contributed by atoms with Gasteiger partial charge in [0.15, 0.2) is 0 Å². The third-order valence-electron chi connectivity index (χ3n) is 3.80. The number of aryl methyl sites for hydroxylation is 1. The van der Waals surface area contributed by atoms with Gasteiger partial charge in [-0.1, -0.05) is 12.1 Å². The summed E-state index contributed by atoms with van der Waals surface area (Å²) in [6.45, 7) is 1.76. The van der Waals surface area contributed by atoms with Crippen LogP contribution in [0.2, 0.25) is 0 Å². The lowest BCUT2D eigenvalue weighted by molar-refractivity contribution is 0.202. The summed E-state index contributed by atoms with van der Waals surface area (Å²) in [6.07, 6.45) is 3.69. The van der Waals surface area contributed by atoms with Crippen LogP contribution >= 0.6 is 0 Å². The summed E-state index contributed by atoms with van der Waals surface area (Å²) in [5.41, 5.74) is 7.65. The van der Waals surface area contributed by atoms with Crippen molar-refractivity contribution in [2.45, 2.75) is 19.1 Å². The van der Waals surface area contributed by atoms with Crippen molar-refractivity contribution in [1.29, 1.82) is 0 Å². The van der Waals surface area contributed by atoms with Gasteiger partial charge < -0.3 is 10.3 Å². The maximum atomic E-state index is 13.8. The topological polar surface area (TPSA) is 47.1 Å². The molecule has 0 bridgehead atoms. The van der Waals surface area contributed by atoms with Crippen molar-refractivity contribution in [3.05, 3.63) is 53.4 Å². The Morgan fingerprint density at radius 1 is 1.47 bits per heavy atom. The second-order valence-electron chi connectivity index (χ2n) is 4.92. The van der Waals surface area contributed by atoms with Crippen molar-refractivity contribution in [1.82, 2.24) is 14.5 Å². The highest BCUT2D eigenvalue weighted by Gasteiger charge is 2.31. The molecule has 2 N–H and O–H groups in total. The molecule has 1 aliphatic rings. The Kier molecular flexibility index (Phi) is 3.08. The van der Waals surface area contributed by atoms with Crippen LogP contribution in [0.5, 0.6) is 0 Å². The van der Waals surface area contributed by atoms with Crippen LogP contribution in [0, 0.1) is 5.82 Å². The van der Waals surface area contributed by atoms with Crippen LogP contribution in [-0.4, -0.2) is 21.0 Å². The van der Waals surface area contributed by atoms with E-state index in [1.54, 1.807) is 12.3 Å². The molecule has 2 heterocycles. The van der Waals surface area contributed by atoms with E-state index in [-0.39, 0.29) is 11.9 Å². The second kappa shape index (κ2) is 4.75. The van der Waals surface area contributed by atoms with E-state index in [0.29, 0.717) is 19.6 Å². The molecule has 1 aromatic carbocycles. The Hall–Kier alpha value is -1.72. The smallest absolute Gasteiger partial charge is 0.128 e. The molecule has 5 heteroatoms. The molecule has 1 aromatic heterocycles. The van der Waals surface area contributed by atoms with Gasteiger partial charge in [0.2, 0.25) is 0 Å². The monoisotopic (exact) mass is 260 g/mol. The standard InChI is InChI=1S/C14H17FN4/c1-18-6-5-17-14(18)9-19-8-11-10(13(19)7-16)3-2-4-12(11)15/h2-6,13H,7-9,16H2,1H3. The zero-order chi connectivity index (χ0) is 13.4. The summed E-state index contributed by atoms with van der Waals surface area (Å²) < 4.78 is 15.8. The summed E-state index contributed by atoms with van der Waals surface area (Å²) in [6, 6.07) is 5.30. The maximum absolute atomic E-state index is 13.8. The third-order valence-corrected chi connectivity index (χ3v) is 3.80. The number of fused-ring (bicyclic) bond motifs is 1. The van der Waals surface area contributed by atoms with Gasteiger partial charge in [0.05, 0.1) is 6.54 Å². The molecule has 0 fully saturated rings. The van der Waals surface area contributed by atoms with Crippen molar-refractivity contribution in [2.24, 2.45) is 12.8 Å². The molecule has 0 aliphatic carbocycles. The number of benzene rings is 1. The SMILES string of the molecule is Cn1ccnc1CN1Cc2c(F)cccc2C1CN. The zero-order valence-corrected chi connectivity index (χ0v) is 10.9. The second-order valence-corrected chi connectivity index (χ2v) is 4.92. The molecule has 3 rings (SSSR count). The number of aromatic nitrogens is 2. The van der Waals surface area contributed by atoms with Crippen molar-refractivity contribution in [2.75, 3.05) is 6.54 Å². The van der Waals surface area contributed by atoms with Gasteiger partial charge in [-0.05, 0) is 11.6 Å². The molecule has 0 saturated heterocycles. The van der Waals surface area contributed by atoms with E-state index < -0.39 is 0 Å². The number of halogens is 1. The number of nitrogens with two attached hydrogens (primary N) is 1. The molecule has 0 spiro atoms. The predicted molar refractivity (Wildman–Crippen MR) is 70.7 cm³/mol. The summed E-state index contributed by atoms with van der Waals surface area (Å²) in [5.74, 6) is 0.824. The van der Waals surface area contributed by atoms with E-state index in [4.69, 9.17) is 5.73 Å². The minimum atomic E-state index is -0.140. The summed E-state index contributed by atoms with van der Waals surface area (Å²) in [4.78, 5) is 6.50. The van der Waals surface area contributed by atoms with Gasteiger partial charge in [0.25, 0.3) is 0 Å². The molecule has 19 heavy (non-hydrogen) atoms. The highest BCUT2D eigenvalue weighted by Crippen LogP contribution is 2.35. The Bertz CT molecular complexity index is 591. The molecule has 4 nitrogen and oxygen atoms in total. The van der Waals surface area contributed by atoms with E-state index >= 15 is 0 Å². The maximum Gasteiger partial charge on any atom is 0.128 e. The Morgan fingerprint density at radius 3 is 3.00 bits per heavy atom. The van der Waals surface area contributed by atoms with Crippen LogP contribution in [0.25, 0.3) is 0 Å². The largest absolute Gasteiger partial charge is 0.337 e. The fourth-order valence-electron chi connectivity index (χ4n) is 2.74. The quantitative estimate of drug-likeness (QED) is 0.911. The average Bonchev–Trinajstić information content (AvgIpc) is 2.95. The van der Waals surface area contributed by atoms with Crippen molar-refractivity contribution < 1.29 is 4.39 Å². The van der Waals surface area contributed by atoms with E-state index in [1.165, 1.54) is 6.07 Å². The Labute approximate surface area is 111 Å². The van der Waals surface area contributed by atoms with Gasteiger partial charge in [-0.2, -0.15) is 0 Å². The van der Waals surface area contributed by atoms with Gasteiger partial charge >= 0.3 is 0 Å². The van der Waals surface area contributed by atoms with Crippen molar-refractivity contribution in [3.63, 3.8) is 0 Å². The van der Waals surface area contributed by atoms with Gasteiger partial charge in [0.1, 0.15) is 11.6 Å². The molecule has 0 radical (unpaired) electrons. The average molecular weight is 260 g/mol. The van der Waals surface area contributed by atoms with Gasteiger partial charge in [-0.15, -0.1) is 0 Å². The lowest BCUT2D eigenvalue weighted by atomic mass is 10.0. The van der Waals surface area contributed by atoms with Gasteiger partial charge in [-0.3, -0.25) is 4.90 Å². The number of hydrogen-bond donors (Lipinski definition) is 1. The van der Waals surface area contributed by atoms with Gasteiger partial charge in [0, 0.05) is 44.1 Å². The highest BCUT2D eigenvalue weighted by atomic mass is 19.1. The van der Waals surface area contributed by atoms with Crippen LogP contribution in [0.3, 0.4) is 0 Å². The minimum absolute atomic E-state index is 0.0717. The molecule has 100 valence electrons. The number of hydrogen-bond acceptors (Lipinski definition) is 3. The fourth-order valence-corrected chi connectivity index (χ4v) is 2.74. The predicted octanol–water partition coefficient (Wildman–Crippen LogP) is 1.57. The van der Waals surface area contributed by atoms with Crippen molar-refractivity contribution >= 4 is 0 Å². The Balaban J connectivity index is 1.89. The van der Waals surface area contributed by atoms with Crippen LogP contribution in [-0.2, 0) is 20.1 Å². The summed E-state index contributed by atoms with van der Waals surface area (Å²) in [5, 5.41) is 0. The lowest BCUT2D eigenvalue weighted by Gasteiger charge is -2.23. The van der Waals surface area contributed by atoms with E-state index in [0.717, 1.165) is 17.0 Å². The zero-order valence-electron chi connectivity index (χ0n) is 10.9. The molecule has 2 aromatic rings. The van der Waals surface area contributed by atoms with Crippen LogP contribution in [0.1, 0.15) is 23.0 Å². The van der Waals surface area contributed by atoms with Gasteiger partial charge in [-0.25, -0.2) is 9.37 Å². The number of imidazole rings is 1. The number of nitrogens with zero attached hydrogens (tertiary/aromatic N) is 3. The molecule has 1 atom stereocenters. The lowest BCUT2D eigenvalue weighted by Crippen LogP contribution is -2.28.